The topological polar surface area (TPSA) is 56.5 Å². The van der Waals surface area contributed by atoms with Crippen molar-refractivity contribution < 1.29 is 13.9 Å². The maximum absolute atomic E-state index is 11.9. The SMILES string of the molecule is CC(C)(C)OC(=O)c1cc2ccc(Br)cc2oc1=O. The minimum atomic E-state index is -0.695. The van der Waals surface area contributed by atoms with Crippen LogP contribution in [0.25, 0.3) is 11.0 Å². The molecular weight excluding hydrogens is 312 g/mol. The molecule has 0 bridgehead atoms. The molecule has 4 nitrogen and oxygen atoms in total. The van der Waals surface area contributed by atoms with E-state index in [1.807, 2.05) is 0 Å². The largest absolute Gasteiger partial charge is 0.456 e. The van der Waals surface area contributed by atoms with Crippen LogP contribution in [-0.2, 0) is 4.74 Å². The van der Waals surface area contributed by atoms with E-state index in [0.29, 0.717) is 11.0 Å². The van der Waals surface area contributed by atoms with Gasteiger partial charge in [-0.25, -0.2) is 9.59 Å². The molecule has 0 fully saturated rings. The van der Waals surface area contributed by atoms with Gasteiger partial charge in [-0.2, -0.15) is 0 Å². The van der Waals surface area contributed by atoms with E-state index in [0.717, 1.165) is 4.47 Å². The molecule has 0 aliphatic carbocycles. The van der Waals surface area contributed by atoms with Gasteiger partial charge >= 0.3 is 11.6 Å². The van der Waals surface area contributed by atoms with Crippen molar-refractivity contribution in [3.63, 3.8) is 0 Å². The Morgan fingerprint density at radius 1 is 1.26 bits per heavy atom. The maximum atomic E-state index is 11.9. The van der Waals surface area contributed by atoms with Crippen LogP contribution < -0.4 is 5.63 Å². The molecule has 0 N–H and O–H groups in total. The number of hydrogen-bond acceptors (Lipinski definition) is 4. The van der Waals surface area contributed by atoms with Gasteiger partial charge in [0, 0.05) is 9.86 Å². The number of fused-ring (bicyclic) bond motifs is 1. The molecule has 2 rings (SSSR count). The first-order chi connectivity index (χ1) is 8.76. The number of hydrogen-bond donors (Lipinski definition) is 0. The normalized spacial score (nSPS) is 11.6. The molecule has 1 heterocycles. The number of carbonyl (C=O) groups is 1. The van der Waals surface area contributed by atoms with Crippen LogP contribution in [0.3, 0.4) is 0 Å². The zero-order valence-corrected chi connectivity index (χ0v) is 12.4. The molecule has 0 amide bonds. The molecule has 100 valence electrons. The zero-order valence-electron chi connectivity index (χ0n) is 10.8. The number of carbonyl (C=O) groups excluding carboxylic acids is 1. The van der Waals surface area contributed by atoms with Gasteiger partial charge in [0.25, 0.3) is 0 Å². The molecule has 0 atom stereocenters. The molecule has 0 spiro atoms. The van der Waals surface area contributed by atoms with Gasteiger partial charge < -0.3 is 9.15 Å². The lowest BCUT2D eigenvalue weighted by molar-refractivity contribution is 0.00654. The van der Waals surface area contributed by atoms with Gasteiger partial charge in [0.1, 0.15) is 16.7 Å². The Kier molecular flexibility index (Phi) is 3.49. The van der Waals surface area contributed by atoms with E-state index in [-0.39, 0.29) is 5.56 Å². The quantitative estimate of drug-likeness (QED) is 0.595. The summed E-state index contributed by atoms with van der Waals surface area (Å²) in [6, 6.07) is 6.73. The Labute approximate surface area is 118 Å². The second kappa shape index (κ2) is 4.81. The van der Waals surface area contributed by atoms with Crippen molar-refractivity contribution in [1.82, 2.24) is 0 Å². The first kappa shape index (κ1) is 13.8. The summed E-state index contributed by atoms with van der Waals surface area (Å²) in [6.45, 7) is 5.22. The Hall–Kier alpha value is -1.62. The lowest BCUT2D eigenvalue weighted by Gasteiger charge is -2.19. The Morgan fingerprint density at radius 3 is 2.58 bits per heavy atom. The fourth-order valence-corrected chi connectivity index (χ4v) is 1.90. The van der Waals surface area contributed by atoms with Crippen LogP contribution in [0, 0.1) is 0 Å². The molecule has 5 heteroatoms. The summed E-state index contributed by atoms with van der Waals surface area (Å²) < 4.78 is 11.1. The zero-order chi connectivity index (χ0) is 14.2. The standard InChI is InChI=1S/C14H13BrO4/c1-14(2,3)19-13(17)10-6-8-4-5-9(15)7-11(8)18-12(10)16/h4-7H,1-3H3. The van der Waals surface area contributed by atoms with Crippen molar-refractivity contribution in [2.75, 3.05) is 0 Å². The first-order valence-electron chi connectivity index (χ1n) is 5.73. The van der Waals surface area contributed by atoms with Crippen LogP contribution >= 0.6 is 15.9 Å². The summed E-state index contributed by atoms with van der Waals surface area (Å²) in [4.78, 5) is 23.7. The highest BCUT2D eigenvalue weighted by molar-refractivity contribution is 9.10. The third kappa shape index (κ3) is 3.23. The van der Waals surface area contributed by atoms with Gasteiger partial charge in [0.05, 0.1) is 0 Å². The molecule has 2 aromatic rings. The van der Waals surface area contributed by atoms with Crippen molar-refractivity contribution >= 4 is 32.9 Å². The third-order valence-electron chi connectivity index (χ3n) is 2.32. The number of halogens is 1. The molecule has 0 radical (unpaired) electrons. The third-order valence-corrected chi connectivity index (χ3v) is 2.81. The van der Waals surface area contributed by atoms with Crippen LogP contribution in [0.15, 0.2) is 37.9 Å². The summed E-state index contributed by atoms with van der Waals surface area (Å²) in [6.07, 6.45) is 0. The molecular formula is C14H13BrO4. The van der Waals surface area contributed by atoms with E-state index < -0.39 is 17.2 Å². The average molecular weight is 325 g/mol. The predicted molar refractivity (Wildman–Crippen MR) is 75.4 cm³/mol. The van der Waals surface area contributed by atoms with Gasteiger partial charge in [0.15, 0.2) is 0 Å². The summed E-state index contributed by atoms with van der Waals surface area (Å²) in [7, 11) is 0. The van der Waals surface area contributed by atoms with Crippen LogP contribution in [0.1, 0.15) is 31.1 Å². The van der Waals surface area contributed by atoms with E-state index in [1.165, 1.54) is 6.07 Å². The van der Waals surface area contributed by atoms with E-state index in [1.54, 1.807) is 39.0 Å². The lowest BCUT2D eigenvalue weighted by atomic mass is 10.1. The summed E-state index contributed by atoms with van der Waals surface area (Å²) in [5.41, 5.74) is -1.02. The molecule has 1 aromatic heterocycles. The highest BCUT2D eigenvalue weighted by Crippen LogP contribution is 2.20. The second-order valence-corrected chi connectivity index (χ2v) is 6.05. The van der Waals surface area contributed by atoms with Crippen LogP contribution in [0.4, 0.5) is 0 Å². The fourth-order valence-electron chi connectivity index (χ4n) is 1.56. The van der Waals surface area contributed by atoms with Gasteiger partial charge in [0.2, 0.25) is 0 Å². The number of benzene rings is 1. The van der Waals surface area contributed by atoms with Gasteiger partial charge in [-0.3, -0.25) is 0 Å². The van der Waals surface area contributed by atoms with E-state index >= 15 is 0 Å². The molecule has 0 aliphatic heterocycles. The summed E-state index contributed by atoms with van der Waals surface area (Å²) in [5.74, 6) is -0.675. The van der Waals surface area contributed by atoms with Crippen molar-refractivity contribution in [3.8, 4) is 0 Å². The summed E-state index contributed by atoms with van der Waals surface area (Å²) in [5, 5.41) is 0.670. The predicted octanol–water partition coefficient (Wildman–Crippen LogP) is 3.51. The van der Waals surface area contributed by atoms with Crippen LogP contribution in [-0.4, -0.2) is 11.6 Å². The molecule has 0 saturated carbocycles. The molecule has 19 heavy (non-hydrogen) atoms. The first-order valence-corrected chi connectivity index (χ1v) is 6.52. The molecule has 1 aromatic carbocycles. The molecule has 0 unspecified atom stereocenters. The van der Waals surface area contributed by atoms with Crippen molar-refractivity contribution in [1.29, 1.82) is 0 Å². The monoisotopic (exact) mass is 324 g/mol. The number of esters is 1. The lowest BCUT2D eigenvalue weighted by Crippen LogP contribution is -2.27. The molecule has 0 saturated heterocycles. The van der Waals surface area contributed by atoms with E-state index in [2.05, 4.69) is 15.9 Å². The van der Waals surface area contributed by atoms with Gasteiger partial charge in [-0.1, -0.05) is 22.0 Å². The number of ether oxygens (including phenoxy) is 1. The van der Waals surface area contributed by atoms with Crippen molar-refractivity contribution in [2.45, 2.75) is 26.4 Å². The second-order valence-electron chi connectivity index (χ2n) is 5.13. The summed E-state index contributed by atoms with van der Waals surface area (Å²) >= 11 is 3.29. The Balaban J connectivity index is 2.50. The fraction of sp³-hybridized carbons (Fsp3) is 0.286. The number of rotatable bonds is 1. The Bertz CT molecular complexity index is 695. The van der Waals surface area contributed by atoms with Crippen LogP contribution in [0.5, 0.6) is 0 Å². The Morgan fingerprint density at radius 2 is 1.95 bits per heavy atom. The highest BCUT2D eigenvalue weighted by atomic mass is 79.9. The van der Waals surface area contributed by atoms with E-state index in [4.69, 9.17) is 9.15 Å². The van der Waals surface area contributed by atoms with Crippen LogP contribution in [0.2, 0.25) is 0 Å². The smallest absolute Gasteiger partial charge is 0.351 e. The van der Waals surface area contributed by atoms with Gasteiger partial charge in [-0.05, 0) is 39.0 Å². The highest BCUT2D eigenvalue weighted by Gasteiger charge is 2.21. The minimum absolute atomic E-state index is 0.0928. The molecule has 0 aliphatic rings. The van der Waals surface area contributed by atoms with Crippen molar-refractivity contribution in [3.05, 3.63) is 44.7 Å². The minimum Gasteiger partial charge on any atom is -0.456 e. The maximum Gasteiger partial charge on any atom is 0.351 e. The van der Waals surface area contributed by atoms with E-state index in [9.17, 15) is 9.59 Å². The van der Waals surface area contributed by atoms with Crippen molar-refractivity contribution in [2.24, 2.45) is 0 Å². The average Bonchev–Trinajstić information content (AvgIpc) is 2.25. The van der Waals surface area contributed by atoms with Gasteiger partial charge in [-0.15, -0.1) is 0 Å².